The molecule has 0 N–H and O–H groups in total. The maximum absolute atomic E-state index is 6.67. The number of rotatable bonds is 4. The number of thiophene rings is 1. The number of para-hydroxylation sites is 2. The smallest absolute Gasteiger partial charge is 0.161 e. The summed E-state index contributed by atoms with van der Waals surface area (Å²) in [6.07, 6.45) is 0. The Morgan fingerprint density at radius 2 is 1.15 bits per heavy atom. The molecule has 0 saturated carbocycles. The average Bonchev–Trinajstić information content (AvgIpc) is 3.81. The molecule has 220 valence electrons. The fourth-order valence-electron chi connectivity index (χ4n) is 7.29. The van der Waals surface area contributed by atoms with Crippen LogP contribution in [0.25, 0.3) is 92.2 Å². The van der Waals surface area contributed by atoms with E-state index in [0.29, 0.717) is 0 Å². The van der Waals surface area contributed by atoms with Crippen molar-refractivity contribution < 1.29 is 4.42 Å². The van der Waals surface area contributed by atoms with Crippen molar-refractivity contribution in [3.05, 3.63) is 164 Å². The normalized spacial score (nSPS) is 11.8. The molecule has 2 nitrogen and oxygen atoms in total. The molecule has 0 radical (unpaired) electrons. The van der Waals surface area contributed by atoms with Crippen LogP contribution in [0, 0.1) is 0 Å². The number of furan rings is 1. The molecule has 0 atom stereocenters. The highest BCUT2D eigenvalue weighted by Gasteiger charge is 2.20. The fraction of sp³-hybridized carbons (Fsp3) is 0. The van der Waals surface area contributed by atoms with Crippen molar-refractivity contribution in [3.8, 4) is 39.1 Å². The molecule has 10 aromatic rings. The molecule has 0 bridgehead atoms. The second kappa shape index (κ2) is 10.3. The molecule has 7 aromatic carbocycles. The van der Waals surface area contributed by atoms with E-state index in [4.69, 9.17) is 4.42 Å². The van der Waals surface area contributed by atoms with Gasteiger partial charge in [0.15, 0.2) is 5.58 Å². The largest absolute Gasteiger partial charge is 0.454 e. The molecule has 3 aromatic heterocycles. The van der Waals surface area contributed by atoms with Crippen molar-refractivity contribution in [1.82, 2.24) is 4.57 Å². The van der Waals surface area contributed by atoms with Crippen LogP contribution in [-0.2, 0) is 0 Å². The minimum atomic E-state index is 0.896. The molecule has 47 heavy (non-hydrogen) atoms. The van der Waals surface area contributed by atoms with Crippen LogP contribution in [0.2, 0.25) is 0 Å². The summed E-state index contributed by atoms with van der Waals surface area (Å²) in [5.41, 5.74) is 12.5. The standard InChI is InChI=1S/C44H27NOS/c1-3-12-28(13-4-1)34-20-10-21-37-41-33(19-11-23-40(41)47-44(34)37)31-15-9-14-29(26-31)30-24-25-36-39(27-30)46-43-35-18-7-8-22-38(35)45(42(36)43)32-16-5-2-6-17-32/h1-27H. The third-order valence-corrected chi connectivity index (χ3v) is 10.6. The van der Waals surface area contributed by atoms with E-state index in [1.807, 2.05) is 11.3 Å². The minimum absolute atomic E-state index is 0.896. The zero-order valence-electron chi connectivity index (χ0n) is 25.4. The van der Waals surface area contributed by atoms with Crippen LogP contribution >= 0.6 is 11.3 Å². The van der Waals surface area contributed by atoms with Crippen molar-refractivity contribution in [2.75, 3.05) is 0 Å². The van der Waals surface area contributed by atoms with Crippen molar-refractivity contribution in [2.45, 2.75) is 0 Å². The molecular weight excluding hydrogens is 591 g/mol. The van der Waals surface area contributed by atoms with Gasteiger partial charge in [-0.1, -0.05) is 115 Å². The third-order valence-electron chi connectivity index (χ3n) is 9.41. The van der Waals surface area contributed by atoms with E-state index in [-0.39, 0.29) is 0 Å². The van der Waals surface area contributed by atoms with Gasteiger partial charge in [-0.15, -0.1) is 11.3 Å². The van der Waals surface area contributed by atoms with Crippen LogP contribution in [0.4, 0.5) is 0 Å². The molecule has 0 fully saturated rings. The zero-order valence-corrected chi connectivity index (χ0v) is 26.2. The van der Waals surface area contributed by atoms with Gasteiger partial charge in [0, 0.05) is 36.6 Å². The molecule has 0 aliphatic heterocycles. The van der Waals surface area contributed by atoms with Crippen molar-refractivity contribution in [1.29, 1.82) is 0 Å². The van der Waals surface area contributed by atoms with Crippen molar-refractivity contribution in [2.24, 2.45) is 0 Å². The lowest BCUT2D eigenvalue weighted by molar-refractivity contribution is 0.673. The molecule has 0 saturated heterocycles. The Morgan fingerprint density at radius 3 is 2.04 bits per heavy atom. The van der Waals surface area contributed by atoms with Crippen LogP contribution in [-0.4, -0.2) is 4.57 Å². The van der Waals surface area contributed by atoms with Crippen LogP contribution in [0.3, 0.4) is 0 Å². The number of nitrogens with zero attached hydrogens (tertiary/aromatic N) is 1. The highest BCUT2D eigenvalue weighted by Crippen LogP contribution is 2.45. The molecular formula is C44H27NOS. The van der Waals surface area contributed by atoms with Gasteiger partial charge >= 0.3 is 0 Å². The van der Waals surface area contributed by atoms with Gasteiger partial charge in [-0.3, -0.25) is 0 Å². The van der Waals surface area contributed by atoms with Crippen LogP contribution in [0.1, 0.15) is 0 Å². The van der Waals surface area contributed by atoms with Crippen LogP contribution in [0.15, 0.2) is 168 Å². The van der Waals surface area contributed by atoms with Gasteiger partial charge in [-0.25, -0.2) is 0 Å². The lowest BCUT2D eigenvalue weighted by atomic mass is 9.95. The van der Waals surface area contributed by atoms with Gasteiger partial charge in [-0.2, -0.15) is 0 Å². The lowest BCUT2D eigenvalue weighted by Crippen LogP contribution is -1.92. The van der Waals surface area contributed by atoms with Gasteiger partial charge in [0.25, 0.3) is 0 Å². The summed E-state index contributed by atoms with van der Waals surface area (Å²) in [6, 6.07) is 58.8. The second-order valence-corrected chi connectivity index (χ2v) is 13.1. The second-order valence-electron chi connectivity index (χ2n) is 12.1. The van der Waals surface area contributed by atoms with E-state index in [1.165, 1.54) is 48.0 Å². The molecule has 0 aliphatic carbocycles. The van der Waals surface area contributed by atoms with Crippen LogP contribution < -0.4 is 0 Å². The van der Waals surface area contributed by atoms with E-state index >= 15 is 0 Å². The van der Waals surface area contributed by atoms with E-state index < -0.39 is 0 Å². The molecule has 0 amide bonds. The predicted molar refractivity (Wildman–Crippen MR) is 200 cm³/mol. The summed E-state index contributed by atoms with van der Waals surface area (Å²) < 4.78 is 11.6. The van der Waals surface area contributed by atoms with E-state index in [1.54, 1.807) is 0 Å². The summed E-state index contributed by atoms with van der Waals surface area (Å²) >= 11 is 1.88. The first kappa shape index (κ1) is 26.3. The summed E-state index contributed by atoms with van der Waals surface area (Å²) in [5.74, 6) is 0. The molecule has 0 aliphatic rings. The first-order valence-corrected chi connectivity index (χ1v) is 16.7. The predicted octanol–water partition coefficient (Wildman–Crippen LogP) is 12.9. The topological polar surface area (TPSA) is 18.1 Å². The Balaban J connectivity index is 1.12. The first-order valence-electron chi connectivity index (χ1n) is 15.9. The Bertz CT molecular complexity index is 2780. The van der Waals surface area contributed by atoms with Gasteiger partial charge in [0.05, 0.1) is 5.52 Å². The fourth-order valence-corrected chi connectivity index (χ4v) is 8.56. The van der Waals surface area contributed by atoms with Gasteiger partial charge in [-0.05, 0) is 81.9 Å². The number of hydrogen-bond acceptors (Lipinski definition) is 2. The summed E-state index contributed by atoms with van der Waals surface area (Å²) in [5, 5.41) is 4.86. The van der Waals surface area contributed by atoms with Crippen molar-refractivity contribution in [3.63, 3.8) is 0 Å². The monoisotopic (exact) mass is 617 g/mol. The first-order chi connectivity index (χ1) is 23.3. The Labute approximate surface area is 275 Å². The zero-order chi connectivity index (χ0) is 30.9. The average molecular weight is 618 g/mol. The number of aromatic nitrogens is 1. The summed E-state index contributed by atoms with van der Waals surface area (Å²) in [7, 11) is 0. The lowest BCUT2D eigenvalue weighted by Gasteiger charge is -2.09. The highest BCUT2D eigenvalue weighted by molar-refractivity contribution is 7.26. The SMILES string of the molecule is c1ccc(-c2cccc3c2sc2cccc(-c4cccc(-c5ccc6c(c5)oc5c7ccccc7n(-c7ccccc7)c65)c4)c23)cc1. The number of hydrogen-bond donors (Lipinski definition) is 0. The third kappa shape index (κ3) is 4.04. The maximum Gasteiger partial charge on any atom is 0.161 e. The van der Waals surface area contributed by atoms with Crippen molar-refractivity contribution >= 4 is 64.5 Å². The number of benzene rings is 7. The summed E-state index contributed by atoms with van der Waals surface area (Å²) in [4.78, 5) is 0. The Hall–Kier alpha value is -5.90. The molecule has 3 heteroatoms. The number of fused-ring (bicyclic) bond motifs is 8. The van der Waals surface area contributed by atoms with Gasteiger partial charge < -0.3 is 8.98 Å². The Kier molecular flexibility index (Phi) is 5.78. The molecule has 0 unspecified atom stereocenters. The van der Waals surface area contributed by atoms with Gasteiger partial charge in [0.2, 0.25) is 0 Å². The van der Waals surface area contributed by atoms with Gasteiger partial charge in [0.1, 0.15) is 11.1 Å². The van der Waals surface area contributed by atoms with E-state index in [2.05, 4.69) is 168 Å². The van der Waals surface area contributed by atoms with Crippen LogP contribution in [0.5, 0.6) is 0 Å². The molecule has 3 heterocycles. The molecule has 10 rings (SSSR count). The van der Waals surface area contributed by atoms with E-state index in [9.17, 15) is 0 Å². The molecule has 0 spiro atoms. The summed E-state index contributed by atoms with van der Waals surface area (Å²) in [6.45, 7) is 0. The maximum atomic E-state index is 6.67. The highest BCUT2D eigenvalue weighted by atomic mass is 32.1. The minimum Gasteiger partial charge on any atom is -0.454 e. The Morgan fingerprint density at radius 1 is 0.468 bits per heavy atom. The van der Waals surface area contributed by atoms with E-state index in [0.717, 1.165) is 44.2 Å². The quantitative estimate of drug-likeness (QED) is 0.192.